The van der Waals surface area contributed by atoms with Gasteiger partial charge < -0.3 is 4.52 Å². The molecule has 3 rings (SSSR count). The monoisotopic (exact) mass is 319 g/mol. The smallest absolute Gasteiger partial charge is 0.258 e. The summed E-state index contributed by atoms with van der Waals surface area (Å²) in [6, 6.07) is 1.47. The van der Waals surface area contributed by atoms with Crippen LogP contribution in [0.25, 0.3) is 4.96 Å². The average Bonchev–Trinajstić information content (AvgIpc) is 3.08. The van der Waals surface area contributed by atoms with Gasteiger partial charge in [0.2, 0.25) is 5.89 Å². The molecule has 3 aromatic heterocycles. The van der Waals surface area contributed by atoms with Gasteiger partial charge in [-0.15, -0.1) is 11.3 Å². The van der Waals surface area contributed by atoms with Gasteiger partial charge in [-0.3, -0.25) is 14.5 Å². The van der Waals surface area contributed by atoms with Gasteiger partial charge in [-0.2, -0.15) is 4.98 Å². The van der Waals surface area contributed by atoms with Crippen LogP contribution in [0, 0.1) is 12.8 Å². The van der Waals surface area contributed by atoms with Gasteiger partial charge in [-0.1, -0.05) is 19.0 Å². The molecule has 1 atom stereocenters. The van der Waals surface area contributed by atoms with Crippen LogP contribution >= 0.6 is 11.3 Å². The molecule has 1 N–H and O–H groups in total. The van der Waals surface area contributed by atoms with E-state index in [2.05, 4.69) is 34.3 Å². The first-order chi connectivity index (χ1) is 10.5. The molecule has 22 heavy (non-hydrogen) atoms. The van der Waals surface area contributed by atoms with Crippen molar-refractivity contribution in [1.29, 1.82) is 0 Å². The first-order valence-corrected chi connectivity index (χ1v) is 7.92. The van der Waals surface area contributed by atoms with E-state index < -0.39 is 0 Å². The largest absolute Gasteiger partial charge is 0.338 e. The van der Waals surface area contributed by atoms with Gasteiger partial charge >= 0.3 is 0 Å². The van der Waals surface area contributed by atoms with Crippen molar-refractivity contribution in [2.24, 2.45) is 5.92 Å². The van der Waals surface area contributed by atoms with E-state index in [0.29, 0.717) is 28.9 Å². The first-order valence-electron chi connectivity index (χ1n) is 7.04. The third-order valence-corrected chi connectivity index (χ3v) is 4.09. The van der Waals surface area contributed by atoms with E-state index >= 15 is 0 Å². The number of nitrogens with one attached hydrogen (secondary N) is 1. The van der Waals surface area contributed by atoms with Crippen LogP contribution < -0.4 is 10.9 Å². The molecule has 8 heteroatoms. The number of hydrogen-bond donors (Lipinski definition) is 1. The highest BCUT2D eigenvalue weighted by molar-refractivity contribution is 7.15. The molecular formula is C14H17N5O2S. The molecule has 1 unspecified atom stereocenters. The highest BCUT2D eigenvalue weighted by atomic mass is 32.1. The number of aryl methyl sites for hydroxylation is 1. The lowest BCUT2D eigenvalue weighted by Crippen LogP contribution is -2.27. The van der Waals surface area contributed by atoms with Gasteiger partial charge in [0, 0.05) is 24.2 Å². The maximum atomic E-state index is 12.0. The number of thiazole rings is 1. The topological polar surface area (TPSA) is 85.3 Å². The zero-order chi connectivity index (χ0) is 15.7. The van der Waals surface area contributed by atoms with Crippen molar-refractivity contribution in [2.45, 2.75) is 33.4 Å². The van der Waals surface area contributed by atoms with Gasteiger partial charge in [-0.25, -0.2) is 4.98 Å². The van der Waals surface area contributed by atoms with Crippen molar-refractivity contribution >= 4 is 16.3 Å². The summed E-state index contributed by atoms with van der Waals surface area (Å²) < 4.78 is 6.79. The molecule has 0 fully saturated rings. The molecule has 7 nitrogen and oxygen atoms in total. The van der Waals surface area contributed by atoms with Crippen LogP contribution in [0.15, 0.2) is 27.0 Å². The zero-order valence-corrected chi connectivity index (χ0v) is 13.4. The van der Waals surface area contributed by atoms with Crippen molar-refractivity contribution < 1.29 is 4.52 Å². The summed E-state index contributed by atoms with van der Waals surface area (Å²) in [5.41, 5.74) is 0.632. The summed E-state index contributed by atoms with van der Waals surface area (Å²) in [5, 5.41) is 9.02. The first kappa shape index (κ1) is 14.9. The molecule has 3 heterocycles. The van der Waals surface area contributed by atoms with Crippen LogP contribution in [0.5, 0.6) is 0 Å². The maximum Gasteiger partial charge on any atom is 0.258 e. The van der Waals surface area contributed by atoms with Gasteiger partial charge in [0.05, 0.1) is 11.7 Å². The second kappa shape index (κ2) is 5.98. The molecule has 0 aliphatic carbocycles. The van der Waals surface area contributed by atoms with Crippen molar-refractivity contribution in [3.8, 4) is 0 Å². The second-order valence-electron chi connectivity index (χ2n) is 5.42. The lowest BCUT2D eigenvalue weighted by molar-refractivity contribution is 0.286. The van der Waals surface area contributed by atoms with Crippen LogP contribution in [-0.4, -0.2) is 19.5 Å². The highest BCUT2D eigenvalue weighted by Gasteiger charge is 2.21. The van der Waals surface area contributed by atoms with Crippen molar-refractivity contribution in [3.63, 3.8) is 0 Å². The number of hydrogen-bond acceptors (Lipinski definition) is 7. The van der Waals surface area contributed by atoms with Gasteiger partial charge in [0.25, 0.3) is 5.56 Å². The van der Waals surface area contributed by atoms with Crippen LogP contribution in [0.2, 0.25) is 0 Å². The Morgan fingerprint density at radius 1 is 1.41 bits per heavy atom. The number of nitrogens with zero attached hydrogens (tertiary/aromatic N) is 4. The quantitative estimate of drug-likeness (QED) is 0.773. The number of fused-ring (bicyclic) bond motifs is 1. The summed E-state index contributed by atoms with van der Waals surface area (Å²) in [7, 11) is 0. The van der Waals surface area contributed by atoms with Gasteiger partial charge in [0.1, 0.15) is 0 Å². The third-order valence-electron chi connectivity index (χ3n) is 3.34. The Kier molecular flexibility index (Phi) is 4.04. The Morgan fingerprint density at radius 3 is 2.91 bits per heavy atom. The summed E-state index contributed by atoms with van der Waals surface area (Å²) in [4.78, 5) is 21.4. The van der Waals surface area contributed by atoms with Crippen LogP contribution in [0.3, 0.4) is 0 Å². The molecule has 0 amide bonds. The maximum absolute atomic E-state index is 12.0. The van der Waals surface area contributed by atoms with E-state index in [4.69, 9.17) is 4.52 Å². The van der Waals surface area contributed by atoms with E-state index in [1.54, 1.807) is 19.2 Å². The molecular weight excluding hydrogens is 302 g/mol. The minimum absolute atomic E-state index is 0.0715. The van der Waals surface area contributed by atoms with Gasteiger partial charge in [0.15, 0.2) is 10.8 Å². The lowest BCUT2D eigenvalue weighted by Gasteiger charge is -2.18. The molecule has 0 spiro atoms. The summed E-state index contributed by atoms with van der Waals surface area (Å²) >= 11 is 1.44. The zero-order valence-electron chi connectivity index (χ0n) is 12.6. The van der Waals surface area contributed by atoms with E-state index in [0.717, 1.165) is 0 Å². The van der Waals surface area contributed by atoms with E-state index in [1.165, 1.54) is 15.7 Å². The van der Waals surface area contributed by atoms with Crippen molar-refractivity contribution in [2.75, 3.05) is 0 Å². The summed E-state index contributed by atoms with van der Waals surface area (Å²) in [5.74, 6) is 1.44. The van der Waals surface area contributed by atoms with Crippen LogP contribution in [0.4, 0.5) is 0 Å². The van der Waals surface area contributed by atoms with Crippen LogP contribution in [0.1, 0.15) is 37.3 Å². The number of rotatable bonds is 5. The lowest BCUT2D eigenvalue weighted by atomic mass is 10.0. The van der Waals surface area contributed by atoms with E-state index in [9.17, 15) is 4.79 Å². The molecule has 116 valence electrons. The predicted molar refractivity (Wildman–Crippen MR) is 82.8 cm³/mol. The third kappa shape index (κ3) is 2.93. The Balaban J connectivity index is 1.80. The van der Waals surface area contributed by atoms with E-state index in [1.807, 2.05) is 5.38 Å². The Morgan fingerprint density at radius 2 is 2.23 bits per heavy atom. The molecule has 0 aliphatic heterocycles. The summed E-state index contributed by atoms with van der Waals surface area (Å²) in [6.07, 6.45) is 1.73. The normalized spacial score (nSPS) is 13.1. The fourth-order valence-corrected chi connectivity index (χ4v) is 2.98. The second-order valence-corrected chi connectivity index (χ2v) is 6.30. The fourth-order valence-electron chi connectivity index (χ4n) is 2.24. The Bertz CT molecular complexity index is 835. The molecule has 0 saturated carbocycles. The highest BCUT2D eigenvalue weighted by Crippen LogP contribution is 2.20. The van der Waals surface area contributed by atoms with Crippen molar-refractivity contribution in [3.05, 3.63) is 45.4 Å². The SMILES string of the molecule is Cc1noc(C(NCc2cc(=O)n3ccsc3n2)C(C)C)n1. The molecule has 3 aromatic rings. The molecule has 0 bridgehead atoms. The molecule has 0 radical (unpaired) electrons. The van der Waals surface area contributed by atoms with Gasteiger partial charge in [-0.05, 0) is 12.8 Å². The average molecular weight is 319 g/mol. The molecule has 0 aliphatic rings. The minimum Gasteiger partial charge on any atom is -0.338 e. The molecule has 0 aromatic carbocycles. The van der Waals surface area contributed by atoms with E-state index in [-0.39, 0.29) is 17.5 Å². The molecule has 0 saturated heterocycles. The fraction of sp³-hybridized carbons (Fsp3) is 0.429. The standard InChI is InChI=1S/C14H17N5O2S/c1-8(2)12(13-16-9(3)18-21-13)15-7-10-6-11(20)19-4-5-22-14(19)17-10/h4-6,8,12,15H,7H2,1-3H3. The van der Waals surface area contributed by atoms with Crippen LogP contribution in [-0.2, 0) is 6.54 Å². The minimum atomic E-state index is -0.0789. The Labute approximate surface area is 131 Å². The summed E-state index contributed by atoms with van der Waals surface area (Å²) in [6.45, 7) is 6.40. The van der Waals surface area contributed by atoms with Crippen molar-refractivity contribution in [1.82, 2.24) is 24.8 Å². The number of aromatic nitrogens is 4. The Hall–Kier alpha value is -2.06. The predicted octanol–water partition coefficient (Wildman–Crippen LogP) is 1.93.